The summed E-state index contributed by atoms with van der Waals surface area (Å²) in [7, 11) is 0. The number of nitrogens with one attached hydrogen (secondary N) is 2. The van der Waals surface area contributed by atoms with E-state index < -0.39 is 5.60 Å². The molecule has 6 nitrogen and oxygen atoms in total. The molecule has 7 rings (SSSR count). The van der Waals surface area contributed by atoms with Gasteiger partial charge in [-0.05, 0) is 105 Å². The van der Waals surface area contributed by atoms with Crippen molar-refractivity contribution in [3.63, 3.8) is 0 Å². The summed E-state index contributed by atoms with van der Waals surface area (Å²) in [6.45, 7) is 2.23. The lowest BCUT2D eigenvalue weighted by Crippen LogP contribution is -2.52. The van der Waals surface area contributed by atoms with Gasteiger partial charge in [-0.3, -0.25) is 9.59 Å². The third-order valence-corrected chi connectivity index (χ3v) is 11.0. The average molecular weight is 534 g/mol. The molecule has 3 fully saturated rings. The second-order valence-corrected chi connectivity index (χ2v) is 12.6. The van der Waals surface area contributed by atoms with E-state index in [0.29, 0.717) is 51.0 Å². The highest BCUT2D eigenvalue weighted by Gasteiger charge is 2.61. The number of pyridine rings is 1. The van der Waals surface area contributed by atoms with E-state index in [9.17, 15) is 14.7 Å². The monoisotopic (exact) mass is 533 g/mol. The van der Waals surface area contributed by atoms with Crippen LogP contribution >= 0.6 is 0 Å². The molecule has 6 heteroatoms. The van der Waals surface area contributed by atoms with Crippen LogP contribution in [-0.2, 0) is 0 Å². The molecule has 40 heavy (non-hydrogen) atoms. The Bertz CT molecular complexity index is 1710. The summed E-state index contributed by atoms with van der Waals surface area (Å²) in [4.78, 5) is 29.5. The van der Waals surface area contributed by atoms with Gasteiger partial charge in [0.05, 0.1) is 16.8 Å². The maximum absolute atomic E-state index is 13.2. The summed E-state index contributed by atoms with van der Waals surface area (Å²) in [5, 5.41) is 16.8. The van der Waals surface area contributed by atoms with Crippen molar-refractivity contribution in [2.45, 2.75) is 63.9 Å². The van der Waals surface area contributed by atoms with Crippen molar-refractivity contribution in [3.05, 3.63) is 69.9 Å². The summed E-state index contributed by atoms with van der Waals surface area (Å²) in [5.41, 5.74) is 5.53. The van der Waals surface area contributed by atoms with E-state index >= 15 is 0 Å². The number of H-pyrrole nitrogens is 1. The molecular formula is C34H35N3O3. The van der Waals surface area contributed by atoms with E-state index in [4.69, 9.17) is 6.42 Å². The Balaban J connectivity index is 1.11. The van der Waals surface area contributed by atoms with Crippen molar-refractivity contribution in [1.29, 1.82) is 0 Å². The number of carbonyl (C=O) groups excluding carboxylic acids is 1. The van der Waals surface area contributed by atoms with Crippen LogP contribution in [0.25, 0.3) is 21.8 Å². The van der Waals surface area contributed by atoms with Gasteiger partial charge >= 0.3 is 0 Å². The fraction of sp³-hybridized carbons (Fsp3) is 0.441. The van der Waals surface area contributed by atoms with Gasteiger partial charge in [-0.15, -0.1) is 6.42 Å². The normalized spacial score (nSPS) is 34.0. The number of allylic oxidation sites excluding steroid dienone is 2. The van der Waals surface area contributed by atoms with E-state index in [0.717, 1.165) is 57.1 Å². The molecule has 204 valence electrons. The van der Waals surface area contributed by atoms with E-state index in [1.54, 1.807) is 24.3 Å². The highest BCUT2D eigenvalue weighted by Crippen LogP contribution is 2.64. The van der Waals surface area contributed by atoms with Crippen LogP contribution in [0.3, 0.4) is 0 Å². The standard InChI is InChI=1S/C34H35N3O3/c1-3-34(40)18-16-28-24-13-11-20-19-21(12-14-22(20)23(24)15-17-33(28,34)2)36-37-32(39)27-9-6-8-26-30(27)35-29-10-5-4-7-25(29)31(26)38/h1,4-10,19,22-24,28,40H,11-18H2,2H3,(H,35,38)(H,37,39)/t22?,23-,24-,28+,33+,34+/m1/s1. The van der Waals surface area contributed by atoms with Crippen molar-refractivity contribution < 1.29 is 9.90 Å². The van der Waals surface area contributed by atoms with Crippen LogP contribution in [0.4, 0.5) is 0 Å². The van der Waals surface area contributed by atoms with Crippen LogP contribution in [0.2, 0.25) is 0 Å². The molecule has 0 spiro atoms. The SMILES string of the molecule is C#C[C@]1(O)CC[C@H]2[C@@H]3CCC4=CC(=NNC(=O)c5cccc6c(=O)c7ccccc7[nH]c56)CCC4[C@H]3CC[C@@]21C. The highest BCUT2D eigenvalue weighted by molar-refractivity contribution is 6.08. The van der Waals surface area contributed by atoms with Gasteiger partial charge in [0.1, 0.15) is 5.60 Å². The first-order valence-electron chi connectivity index (χ1n) is 14.6. The van der Waals surface area contributed by atoms with Gasteiger partial charge in [0.25, 0.3) is 5.91 Å². The lowest BCUT2D eigenvalue weighted by Gasteiger charge is -2.54. The number of aromatic nitrogens is 1. The summed E-state index contributed by atoms with van der Waals surface area (Å²) in [6.07, 6.45) is 15.9. The first-order chi connectivity index (χ1) is 19.3. The van der Waals surface area contributed by atoms with E-state index in [2.05, 4.69) is 34.4 Å². The van der Waals surface area contributed by atoms with Crippen molar-refractivity contribution >= 4 is 33.4 Å². The Morgan fingerprint density at radius 3 is 2.73 bits per heavy atom. The average Bonchev–Trinajstić information content (AvgIpc) is 3.26. The smallest absolute Gasteiger partial charge is 0.273 e. The van der Waals surface area contributed by atoms with Gasteiger partial charge in [-0.2, -0.15) is 5.10 Å². The Morgan fingerprint density at radius 1 is 1.05 bits per heavy atom. The molecule has 6 atom stereocenters. The molecule has 0 bridgehead atoms. The molecular weight excluding hydrogens is 498 g/mol. The highest BCUT2D eigenvalue weighted by atomic mass is 16.3. The van der Waals surface area contributed by atoms with Crippen LogP contribution in [0.15, 0.2) is 64.0 Å². The predicted molar refractivity (Wildman–Crippen MR) is 158 cm³/mol. The van der Waals surface area contributed by atoms with Gasteiger partial charge in [0.2, 0.25) is 0 Å². The number of para-hydroxylation sites is 2. The minimum Gasteiger partial charge on any atom is -0.377 e. The van der Waals surface area contributed by atoms with E-state index in [1.165, 1.54) is 5.57 Å². The van der Waals surface area contributed by atoms with Crippen molar-refractivity contribution in [3.8, 4) is 12.3 Å². The molecule has 1 unspecified atom stereocenters. The van der Waals surface area contributed by atoms with Crippen LogP contribution < -0.4 is 10.9 Å². The second-order valence-electron chi connectivity index (χ2n) is 12.6. The Labute approximate surface area is 233 Å². The van der Waals surface area contributed by atoms with Crippen LogP contribution in [0.1, 0.15) is 68.6 Å². The molecule has 4 aliphatic rings. The van der Waals surface area contributed by atoms with Crippen LogP contribution in [0, 0.1) is 41.4 Å². The fourth-order valence-electron chi connectivity index (χ4n) is 8.85. The number of hydrogen-bond acceptors (Lipinski definition) is 4. The first kappa shape index (κ1) is 25.3. The van der Waals surface area contributed by atoms with E-state index in [1.807, 2.05) is 18.2 Å². The fourth-order valence-corrected chi connectivity index (χ4v) is 8.85. The lowest BCUT2D eigenvalue weighted by molar-refractivity contribution is -0.0852. The minimum atomic E-state index is -0.965. The second kappa shape index (κ2) is 9.17. The van der Waals surface area contributed by atoms with Gasteiger partial charge < -0.3 is 10.1 Å². The Kier molecular flexibility index (Phi) is 5.80. The van der Waals surface area contributed by atoms with Crippen molar-refractivity contribution in [1.82, 2.24) is 10.4 Å². The summed E-state index contributed by atoms with van der Waals surface area (Å²) >= 11 is 0. The predicted octanol–water partition coefficient (Wildman–Crippen LogP) is 5.70. The number of nitrogens with zero attached hydrogens (tertiary/aromatic N) is 1. The van der Waals surface area contributed by atoms with E-state index in [-0.39, 0.29) is 16.8 Å². The molecule has 1 heterocycles. The summed E-state index contributed by atoms with van der Waals surface area (Å²) in [5.74, 6) is 4.73. The zero-order chi connectivity index (χ0) is 27.6. The van der Waals surface area contributed by atoms with Gasteiger partial charge in [0.15, 0.2) is 5.43 Å². The maximum Gasteiger partial charge on any atom is 0.273 e. The number of benzene rings is 2. The van der Waals surface area contributed by atoms with Gasteiger partial charge in [-0.1, -0.05) is 36.6 Å². The number of hydrogen-bond donors (Lipinski definition) is 3. The molecule has 1 aromatic heterocycles. The third kappa shape index (κ3) is 3.64. The quantitative estimate of drug-likeness (QED) is 0.224. The number of aliphatic hydroxyl groups is 1. The number of amides is 1. The van der Waals surface area contributed by atoms with Gasteiger partial charge in [-0.25, -0.2) is 5.43 Å². The van der Waals surface area contributed by atoms with Crippen molar-refractivity contribution in [2.24, 2.45) is 34.2 Å². The zero-order valence-electron chi connectivity index (χ0n) is 22.9. The molecule has 3 saturated carbocycles. The number of aromatic amines is 1. The number of rotatable bonds is 2. The third-order valence-electron chi connectivity index (χ3n) is 11.0. The summed E-state index contributed by atoms with van der Waals surface area (Å²) < 4.78 is 0. The minimum absolute atomic E-state index is 0.0893. The van der Waals surface area contributed by atoms with Crippen molar-refractivity contribution in [2.75, 3.05) is 0 Å². The number of terminal acetylenes is 1. The molecule has 2 aromatic carbocycles. The van der Waals surface area contributed by atoms with Crippen LogP contribution in [-0.4, -0.2) is 27.3 Å². The zero-order valence-corrected chi connectivity index (χ0v) is 22.9. The maximum atomic E-state index is 13.2. The topological polar surface area (TPSA) is 94.6 Å². The molecule has 0 aliphatic heterocycles. The first-order valence-corrected chi connectivity index (χ1v) is 14.6. The number of hydrazone groups is 1. The lowest BCUT2D eigenvalue weighted by atomic mass is 9.50. The molecule has 1 amide bonds. The number of carbonyl (C=O) groups is 1. The summed E-state index contributed by atoms with van der Waals surface area (Å²) in [6, 6.07) is 12.6. The molecule has 4 aliphatic carbocycles. The molecule has 3 aromatic rings. The molecule has 3 N–H and O–H groups in total. The number of fused-ring (bicyclic) bond motifs is 7. The largest absolute Gasteiger partial charge is 0.377 e. The molecule has 0 saturated heterocycles. The van der Waals surface area contributed by atoms with Gasteiger partial charge in [0, 0.05) is 21.7 Å². The molecule has 0 radical (unpaired) electrons. The van der Waals surface area contributed by atoms with Crippen LogP contribution in [0.5, 0.6) is 0 Å². The Morgan fingerprint density at radius 2 is 1.88 bits per heavy atom. The Hall–Kier alpha value is -3.69.